The Morgan fingerprint density at radius 1 is 1.31 bits per heavy atom. The Labute approximate surface area is 92.2 Å². The molecule has 4 heteroatoms. The average molecular weight is 240 g/mol. The number of aryl methyl sites for hydroxylation is 1. The quantitative estimate of drug-likeness (QED) is 0.784. The molecule has 0 aromatic heterocycles. The van der Waals surface area contributed by atoms with E-state index in [4.69, 9.17) is 34.8 Å². The van der Waals surface area contributed by atoms with Crippen molar-refractivity contribution in [3.63, 3.8) is 0 Å². The molecular weight excluding hydrogens is 230 g/mol. The summed E-state index contributed by atoms with van der Waals surface area (Å²) in [6.45, 7) is 1.87. The standard InChI is InChI=1S/C9H9Cl3O/c1-5-2-3-6(10)4-7(5)8(13)9(11)12/h2-4,8-9,13H,1H3. The van der Waals surface area contributed by atoms with Gasteiger partial charge in [-0.25, -0.2) is 0 Å². The van der Waals surface area contributed by atoms with E-state index in [1.807, 2.05) is 13.0 Å². The van der Waals surface area contributed by atoms with Crippen LogP contribution in [-0.4, -0.2) is 9.94 Å². The average Bonchev–Trinajstić information content (AvgIpc) is 2.08. The number of alkyl halides is 2. The van der Waals surface area contributed by atoms with Crippen LogP contribution in [0.2, 0.25) is 5.02 Å². The third-order valence-electron chi connectivity index (χ3n) is 1.80. The van der Waals surface area contributed by atoms with Crippen LogP contribution >= 0.6 is 34.8 Å². The van der Waals surface area contributed by atoms with Crippen LogP contribution < -0.4 is 0 Å². The minimum atomic E-state index is -0.887. The molecule has 0 spiro atoms. The van der Waals surface area contributed by atoms with E-state index in [0.717, 1.165) is 5.56 Å². The second-order valence-corrected chi connectivity index (χ2v) is 4.38. The van der Waals surface area contributed by atoms with Gasteiger partial charge in [0.15, 0.2) is 0 Å². The van der Waals surface area contributed by atoms with Crippen molar-refractivity contribution in [3.05, 3.63) is 34.3 Å². The molecule has 0 aliphatic carbocycles. The molecule has 1 atom stereocenters. The maximum absolute atomic E-state index is 9.58. The van der Waals surface area contributed by atoms with E-state index < -0.39 is 10.9 Å². The van der Waals surface area contributed by atoms with Gasteiger partial charge in [0.25, 0.3) is 0 Å². The molecule has 0 aliphatic rings. The summed E-state index contributed by atoms with van der Waals surface area (Å²) in [5, 5.41) is 10.1. The van der Waals surface area contributed by atoms with Crippen LogP contribution in [0.3, 0.4) is 0 Å². The zero-order valence-electron chi connectivity index (χ0n) is 6.97. The highest BCUT2D eigenvalue weighted by atomic mass is 35.5. The van der Waals surface area contributed by atoms with Gasteiger partial charge >= 0.3 is 0 Å². The molecule has 1 unspecified atom stereocenters. The fraction of sp³-hybridized carbons (Fsp3) is 0.333. The molecular formula is C9H9Cl3O. The van der Waals surface area contributed by atoms with E-state index in [1.165, 1.54) is 0 Å². The Hall–Kier alpha value is 0.0500. The number of hydrogen-bond donors (Lipinski definition) is 1. The molecule has 1 N–H and O–H groups in total. The van der Waals surface area contributed by atoms with Gasteiger partial charge in [-0.15, -0.1) is 23.2 Å². The Morgan fingerprint density at radius 2 is 1.92 bits per heavy atom. The van der Waals surface area contributed by atoms with E-state index in [0.29, 0.717) is 10.6 Å². The third-order valence-corrected chi connectivity index (χ3v) is 2.51. The maximum atomic E-state index is 9.58. The summed E-state index contributed by atoms with van der Waals surface area (Å²) in [6, 6.07) is 5.24. The first-order chi connectivity index (χ1) is 6.02. The molecule has 1 nitrogen and oxygen atoms in total. The number of aliphatic hydroxyl groups is 1. The third kappa shape index (κ3) is 2.75. The number of hydrogen-bond acceptors (Lipinski definition) is 1. The molecule has 1 aromatic carbocycles. The smallest absolute Gasteiger partial charge is 0.137 e. The Kier molecular flexibility index (Phi) is 3.87. The van der Waals surface area contributed by atoms with Crippen LogP contribution in [-0.2, 0) is 0 Å². The van der Waals surface area contributed by atoms with Crippen molar-refractivity contribution < 1.29 is 5.11 Å². The van der Waals surface area contributed by atoms with Crippen LogP contribution in [0.25, 0.3) is 0 Å². The van der Waals surface area contributed by atoms with E-state index in [2.05, 4.69) is 0 Å². The highest BCUT2D eigenvalue weighted by Crippen LogP contribution is 2.28. The molecule has 0 amide bonds. The van der Waals surface area contributed by atoms with E-state index in [9.17, 15) is 5.11 Å². The summed E-state index contributed by atoms with van der Waals surface area (Å²) in [4.78, 5) is -0.836. The maximum Gasteiger partial charge on any atom is 0.137 e. The summed E-state index contributed by atoms with van der Waals surface area (Å²) < 4.78 is 0. The highest BCUT2D eigenvalue weighted by Gasteiger charge is 2.17. The first-order valence-electron chi connectivity index (χ1n) is 3.74. The van der Waals surface area contributed by atoms with E-state index >= 15 is 0 Å². The lowest BCUT2D eigenvalue weighted by atomic mass is 10.0. The van der Waals surface area contributed by atoms with Gasteiger partial charge in [0.05, 0.1) is 0 Å². The Morgan fingerprint density at radius 3 is 2.46 bits per heavy atom. The minimum absolute atomic E-state index is 0.564. The van der Waals surface area contributed by atoms with Crippen molar-refractivity contribution >= 4 is 34.8 Å². The second-order valence-electron chi connectivity index (χ2n) is 2.78. The van der Waals surface area contributed by atoms with Gasteiger partial charge in [0.2, 0.25) is 0 Å². The van der Waals surface area contributed by atoms with Gasteiger partial charge in [-0.3, -0.25) is 0 Å². The largest absolute Gasteiger partial charge is 0.386 e. The number of benzene rings is 1. The molecule has 0 saturated carbocycles. The molecule has 1 aromatic rings. The summed E-state index contributed by atoms with van der Waals surface area (Å²) >= 11 is 16.9. The fourth-order valence-corrected chi connectivity index (χ4v) is 1.52. The summed E-state index contributed by atoms with van der Waals surface area (Å²) in [5.74, 6) is 0. The summed E-state index contributed by atoms with van der Waals surface area (Å²) in [5.41, 5.74) is 1.59. The first-order valence-corrected chi connectivity index (χ1v) is 4.99. The molecule has 0 aliphatic heterocycles. The van der Waals surface area contributed by atoms with Crippen molar-refractivity contribution in [1.29, 1.82) is 0 Å². The lowest BCUT2D eigenvalue weighted by Crippen LogP contribution is -2.07. The van der Waals surface area contributed by atoms with Crippen molar-refractivity contribution in [2.24, 2.45) is 0 Å². The molecule has 0 fully saturated rings. The number of rotatable bonds is 2. The van der Waals surface area contributed by atoms with Gasteiger partial charge in [0, 0.05) is 5.02 Å². The van der Waals surface area contributed by atoms with Gasteiger partial charge in [-0.2, -0.15) is 0 Å². The van der Waals surface area contributed by atoms with Crippen molar-refractivity contribution in [1.82, 2.24) is 0 Å². The first kappa shape index (κ1) is 11.1. The van der Waals surface area contributed by atoms with Crippen LogP contribution in [0, 0.1) is 6.92 Å². The van der Waals surface area contributed by atoms with Crippen LogP contribution in [0.1, 0.15) is 17.2 Å². The van der Waals surface area contributed by atoms with Gasteiger partial charge in [0.1, 0.15) is 10.9 Å². The van der Waals surface area contributed by atoms with Crippen LogP contribution in [0.5, 0.6) is 0 Å². The number of aliphatic hydroxyl groups excluding tert-OH is 1. The highest BCUT2D eigenvalue weighted by molar-refractivity contribution is 6.44. The fourth-order valence-electron chi connectivity index (χ4n) is 1.07. The van der Waals surface area contributed by atoms with Crippen LogP contribution in [0.4, 0.5) is 0 Å². The molecule has 72 valence electrons. The lowest BCUT2D eigenvalue weighted by Gasteiger charge is -2.14. The molecule has 1 rings (SSSR count). The minimum Gasteiger partial charge on any atom is -0.386 e. The monoisotopic (exact) mass is 238 g/mol. The Balaban J connectivity index is 3.05. The lowest BCUT2D eigenvalue weighted by molar-refractivity contribution is 0.192. The predicted molar refractivity (Wildman–Crippen MR) is 56.6 cm³/mol. The van der Waals surface area contributed by atoms with Crippen molar-refractivity contribution in [2.45, 2.75) is 17.9 Å². The zero-order chi connectivity index (χ0) is 10.0. The zero-order valence-corrected chi connectivity index (χ0v) is 9.24. The van der Waals surface area contributed by atoms with E-state index in [1.54, 1.807) is 12.1 Å². The SMILES string of the molecule is Cc1ccc(Cl)cc1C(O)C(Cl)Cl. The van der Waals surface area contributed by atoms with Gasteiger partial charge in [-0.1, -0.05) is 17.7 Å². The molecule has 0 heterocycles. The summed E-state index contributed by atoms with van der Waals surface area (Å²) in [6.07, 6.45) is -0.887. The van der Waals surface area contributed by atoms with Crippen LogP contribution in [0.15, 0.2) is 18.2 Å². The van der Waals surface area contributed by atoms with Gasteiger partial charge < -0.3 is 5.11 Å². The van der Waals surface area contributed by atoms with Crippen molar-refractivity contribution in [3.8, 4) is 0 Å². The number of halogens is 3. The predicted octanol–water partition coefficient (Wildman–Crippen LogP) is 3.49. The Bertz CT molecular complexity index is 299. The van der Waals surface area contributed by atoms with E-state index in [-0.39, 0.29) is 0 Å². The topological polar surface area (TPSA) is 20.2 Å². The molecule has 13 heavy (non-hydrogen) atoms. The normalized spacial score (nSPS) is 13.4. The van der Waals surface area contributed by atoms with Gasteiger partial charge in [-0.05, 0) is 30.2 Å². The van der Waals surface area contributed by atoms with Crippen molar-refractivity contribution in [2.75, 3.05) is 0 Å². The molecule has 0 radical (unpaired) electrons. The second kappa shape index (κ2) is 4.52. The molecule has 0 bridgehead atoms. The summed E-state index contributed by atoms with van der Waals surface area (Å²) in [7, 11) is 0. The molecule has 0 saturated heterocycles.